The lowest BCUT2D eigenvalue weighted by Crippen LogP contribution is -2.44. The third-order valence-corrected chi connectivity index (χ3v) is 11.6. The molecule has 2 aromatic carbocycles. The van der Waals surface area contributed by atoms with Gasteiger partial charge in [-0.2, -0.15) is 0 Å². The highest BCUT2D eigenvalue weighted by molar-refractivity contribution is 7.90. The molecule has 40 heavy (non-hydrogen) atoms. The second-order valence-corrected chi connectivity index (χ2v) is 13.8. The summed E-state index contributed by atoms with van der Waals surface area (Å²) in [6.07, 6.45) is 10.3. The standard InChI is InChI=1S/C31H37N3O5S/c1-32-16-18-33(19-17-32)40(37,38)31(14-15-31)21-34-27-20-24(30(35)36)10-13-26(27)28(22-6-4-3-5-7-22)29(34)23-8-11-25(39-2)12-9-23/h8-13,16,18,20,22H,3-7,14-15,17,19,21H2,1-2H3,(H,35,36). The lowest BCUT2D eigenvalue weighted by atomic mass is 9.81. The highest BCUT2D eigenvalue weighted by Gasteiger charge is 2.57. The minimum Gasteiger partial charge on any atom is -0.497 e. The number of hydrogen-bond donors (Lipinski definition) is 1. The molecule has 0 bridgehead atoms. The topological polar surface area (TPSA) is 92.1 Å². The largest absolute Gasteiger partial charge is 0.497 e. The molecular formula is C31H37N3O5S. The van der Waals surface area contributed by atoms with Crippen molar-refractivity contribution in [2.45, 2.75) is 62.2 Å². The SMILES string of the molecule is COc1ccc(-c2c(C3CCCCC3)c3ccc(C(=O)O)cc3n2CC2(S(=O)(=O)N3C=CN(C)CC3)CC2)cc1. The van der Waals surface area contributed by atoms with Gasteiger partial charge in [-0.1, -0.05) is 25.3 Å². The number of aromatic carboxylic acids is 1. The molecule has 9 heteroatoms. The van der Waals surface area contributed by atoms with E-state index in [2.05, 4.69) is 4.57 Å². The van der Waals surface area contributed by atoms with Gasteiger partial charge in [0.1, 0.15) is 10.5 Å². The minimum atomic E-state index is -3.63. The van der Waals surface area contributed by atoms with Gasteiger partial charge in [0.2, 0.25) is 10.0 Å². The van der Waals surface area contributed by atoms with E-state index in [1.807, 2.05) is 48.5 Å². The summed E-state index contributed by atoms with van der Waals surface area (Å²) in [7, 11) is -0.0517. The number of hydrogen-bond acceptors (Lipinski definition) is 5. The maximum atomic E-state index is 14.1. The molecule has 3 aliphatic rings. The molecule has 2 aliphatic carbocycles. The highest BCUT2D eigenvalue weighted by Crippen LogP contribution is 2.51. The number of likely N-dealkylation sites (N-methyl/N-ethyl adjacent to an activating group) is 1. The average Bonchev–Trinajstić information content (AvgIpc) is 3.70. The number of carbonyl (C=O) groups is 1. The highest BCUT2D eigenvalue weighted by atomic mass is 32.2. The second-order valence-electron chi connectivity index (χ2n) is 11.5. The van der Waals surface area contributed by atoms with Crippen LogP contribution in [-0.4, -0.2) is 65.3 Å². The van der Waals surface area contributed by atoms with Crippen LogP contribution in [0.3, 0.4) is 0 Å². The molecule has 212 valence electrons. The summed E-state index contributed by atoms with van der Waals surface area (Å²) < 4.78 is 36.3. The Balaban J connectivity index is 1.56. The molecule has 0 atom stereocenters. The number of carboxylic acids is 1. The number of carboxylic acid groups (broad SMARTS) is 1. The number of benzene rings is 2. The summed E-state index contributed by atoms with van der Waals surface area (Å²) in [5.41, 5.74) is 4.20. The Bertz CT molecular complexity index is 1560. The van der Waals surface area contributed by atoms with Gasteiger partial charge < -0.3 is 19.3 Å². The van der Waals surface area contributed by atoms with Crippen molar-refractivity contribution in [2.24, 2.45) is 0 Å². The number of ether oxygens (including phenoxy) is 1. The van der Waals surface area contributed by atoms with E-state index in [1.165, 1.54) is 16.3 Å². The Kier molecular flexibility index (Phi) is 6.81. The summed E-state index contributed by atoms with van der Waals surface area (Å²) in [6, 6.07) is 13.3. The van der Waals surface area contributed by atoms with Crippen LogP contribution in [0, 0.1) is 0 Å². The molecule has 0 saturated heterocycles. The van der Waals surface area contributed by atoms with E-state index in [0.717, 1.165) is 53.6 Å². The van der Waals surface area contributed by atoms with Crippen molar-refractivity contribution in [3.05, 3.63) is 66.0 Å². The summed E-state index contributed by atoms with van der Waals surface area (Å²) in [4.78, 5) is 14.0. The number of fused-ring (bicyclic) bond motifs is 1. The third-order valence-electron chi connectivity index (χ3n) is 9.00. The van der Waals surface area contributed by atoms with E-state index in [4.69, 9.17) is 4.74 Å². The van der Waals surface area contributed by atoms with Crippen LogP contribution in [0.5, 0.6) is 5.75 Å². The molecule has 2 heterocycles. The molecule has 0 radical (unpaired) electrons. The van der Waals surface area contributed by atoms with Crippen LogP contribution in [0.25, 0.3) is 22.2 Å². The maximum Gasteiger partial charge on any atom is 0.335 e. The molecule has 1 aromatic heterocycles. The molecule has 0 unspecified atom stereocenters. The average molecular weight is 564 g/mol. The van der Waals surface area contributed by atoms with E-state index in [0.29, 0.717) is 31.8 Å². The summed E-state index contributed by atoms with van der Waals surface area (Å²) in [5, 5.41) is 10.9. The first-order valence-corrected chi connectivity index (χ1v) is 15.6. The van der Waals surface area contributed by atoms with Crippen molar-refractivity contribution < 1.29 is 23.1 Å². The number of rotatable bonds is 8. The zero-order valence-corrected chi connectivity index (χ0v) is 24.0. The molecule has 1 N–H and O–H groups in total. The summed E-state index contributed by atoms with van der Waals surface area (Å²) in [5.74, 6) is 0.0932. The van der Waals surface area contributed by atoms with E-state index < -0.39 is 20.7 Å². The molecule has 6 rings (SSSR count). The van der Waals surface area contributed by atoms with Gasteiger partial charge in [0, 0.05) is 43.4 Å². The van der Waals surface area contributed by atoms with Crippen molar-refractivity contribution >= 4 is 26.9 Å². The van der Waals surface area contributed by atoms with Crippen LogP contribution in [0.1, 0.15) is 66.8 Å². The zero-order valence-electron chi connectivity index (χ0n) is 23.2. The van der Waals surface area contributed by atoms with Gasteiger partial charge in [-0.3, -0.25) is 4.31 Å². The van der Waals surface area contributed by atoms with Crippen LogP contribution in [0.4, 0.5) is 0 Å². The first-order chi connectivity index (χ1) is 19.2. The van der Waals surface area contributed by atoms with Gasteiger partial charge in [0.15, 0.2) is 0 Å². The minimum absolute atomic E-state index is 0.206. The van der Waals surface area contributed by atoms with E-state index in [1.54, 1.807) is 25.4 Å². The first kappa shape index (κ1) is 26.7. The van der Waals surface area contributed by atoms with Crippen LogP contribution in [0.15, 0.2) is 54.9 Å². The molecule has 2 fully saturated rings. The van der Waals surface area contributed by atoms with Gasteiger partial charge in [-0.25, -0.2) is 13.2 Å². The zero-order chi connectivity index (χ0) is 28.1. The van der Waals surface area contributed by atoms with Crippen molar-refractivity contribution in [1.82, 2.24) is 13.8 Å². The Morgan fingerprint density at radius 3 is 2.35 bits per heavy atom. The Labute approximate surface area is 235 Å². The van der Waals surface area contributed by atoms with Crippen molar-refractivity contribution in [2.75, 3.05) is 27.2 Å². The third kappa shape index (κ3) is 4.54. The first-order valence-electron chi connectivity index (χ1n) is 14.2. The Hall–Kier alpha value is -3.46. The van der Waals surface area contributed by atoms with Crippen molar-refractivity contribution in [1.29, 1.82) is 0 Å². The van der Waals surface area contributed by atoms with Crippen LogP contribution in [-0.2, 0) is 16.6 Å². The second kappa shape index (κ2) is 10.2. The van der Waals surface area contributed by atoms with Crippen molar-refractivity contribution in [3.63, 3.8) is 0 Å². The number of sulfonamides is 1. The van der Waals surface area contributed by atoms with Gasteiger partial charge >= 0.3 is 5.97 Å². The van der Waals surface area contributed by atoms with Gasteiger partial charge in [0.25, 0.3) is 0 Å². The molecule has 8 nitrogen and oxygen atoms in total. The smallest absolute Gasteiger partial charge is 0.335 e. The van der Waals surface area contributed by atoms with Gasteiger partial charge in [-0.05, 0) is 79.1 Å². The lowest BCUT2D eigenvalue weighted by Gasteiger charge is -2.32. The summed E-state index contributed by atoms with van der Waals surface area (Å²) in [6.45, 7) is 1.34. The lowest BCUT2D eigenvalue weighted by molar-refractivity contribution is 0.0697. The molecule has 0 amide bonds. The van der Waals surface area contributed by atoms with Crippen LogP contribution < -0.4 is 4.74 Å². The molecular weight excluding hydrogens is 526 g/mol. The monoisotopic (exact) mass is 563 g/mol. The van der Waals surface area contributed by atoms with Gasteiger partial charge in [-0.15, -0.1) is 0 Å². The molecule has 1 aliphatic heterocycles. The predicted molar refractivity (Wildman–Crippen MR) is 156 cm³/mol. The number of aromatic nitrogens is 1. The van der Waals surface area contributed by atoms with E-state index >= 15 is 0 Å². The fraction of sp³-hybridized carbons (Fsp3) is 0.452. The van der Waals surface area contributed by atoms with Crippen LogP contribution in [0.2, 0.25) is 0 Å². The van der Waals surface area contributed by atoms with Crippen LogP contribution >= 0.6 is 0 Å². The molecule has 3 aromatic rings. The fourth-order valence-corrected chi connectivity index (χ4v) is 8.45. The van der Waals surface area contributed by atoms with E-state index in [9.17, 15) is 18.3 Å². The Morgan fingerprint density at radius 1 is 1.02 bits per heavy atom. The summed E-state index contributed by atoms with van der Waals surface area (Å²) >= 11 is 0. The van der Waals surface area contributed by atoms with E-state index in [-0.39, 0.29) is 12.1 Å². The normalized spacial score (nSPS) is 19.2. The number of methoxy groups -OCH3 is 1. The Morgan fingerprint density at radius 2 is 1.75 bits per heavy atom. The quantitative estimate of drug-likeness (QED) is 0.381. The van der Waals surface area contributed by atoms with Gasteiger partial charge in [0.05, 0.1) is 24.9 Å². The predicted octanol–water partition coefficient (Wildman–Crippen LogP) is 5.64. The molecule has 0 spiro atoms. The van der Waals surface area contributed by atoms with Crippen molar-refractivity contribution in [3.8, 4) is 17.0 Å². The fourth-order valence-electron chi connectivity index (χ4n) is 6.51. The molecule has 2 saturated carbocycles. The number of nitrogens with zero attached hydrogens (tertiary/aromatic N) is 3. The maximum absolute atomic E-state index is 14.1.